The molecule has 2 heterocycles. The van der Waals surface area contributed by atoms with Crippen LogP contribution in [-0.4, -0.2) is 53.8 Å². The summed E-state index contributed by atoms with van der Waals surface area (Å²) in [6, 6.07) is 2.24. The van der Waals surface area contributed by atoms with Crippen LogP contribution >= 0.6 is 0 Å². The Morgan fingerprint density at radius 1 is 1.35 bits per heavy atom. The van der Waals surface area contributed by atoms with Crippen molar-refractivity contribution in [1.82, 2.24) is 14.9 Å². The average molecular weight is 277 g/mol. The van der Waals surface area contributed by atoms with Gasteiger partial charge in [0.25, 0.3) is 0 Å². The van der Waals surface area contributed by atoms with Gasteiger partial charge in [-0.2, -0.15) is 0 Å². The quantitative estimate of drug-likeness (QED) is 0.713. The van der Waals surface area contributed by atoms with E-state index in [-0.39, 0.29) is 6.10 Å². The SMILES string of the molecule is C=CCC[C@@H](CN1CCCOCC1)Oc1ncccn1. The lowest BCUT2D eigenvalue weighted by Crippen LogP contribution is -2.37. The molecule has 5 nitrogen and oxygen atoms in total. The van der Waals surface area contributed by atoms with Crippen molar-refractivity contribution < 1.29 is 9.47 Å². The predicted molar refractivity (Wildman–Crippen MR) is 77.8 cm³/mol. The Hall–Kier alpha value is -1.46. The predicted octanol–water partition coefficient (Wildman–Crippen LogP) is 1.91. The van der Waals surface area contributed by atoms with E-state index in [2.05, 4.69) is 21.4 Å². The lowest BCUT2D eigenvalue weighted by atomic mass is 10.2. The van der Waals surface area contributed by atoms with Gasteiger partial charge in [-0.3, -0.25) is 4.90 Å². The molecule has 1 aliphatic heterocycles. The van der Waals surface area contributed by atoms with E-state index in [1.807, 2.05) is 6.08 Å². The highest BCUT2D eigenvalue weighted by molar-refractivity contribution is 4.94. The molecule has 5 heteroatoms. The minimum absolute atomic E-state index is 0.0912. The fourth-order valence-corrected chi connectivity index (χ4v) is 2.25. The van der Waals surface area contributed by atoms with Crippen LogP contribution in [-0.2, 0) is 4.74 Å². The van der Waals surface area contributed by atoms with Crippen LogP contribution in [0.1, 0.15) is 19.3 Å². The molecule has 0 aliphatic carbocycles. The second kappa shape index (κ2) is 8.66. The molecule has 0 N–H and O–H groups in total. The Labute approximate surface area is 120 Å². The van der Waals surface area contributed by atoms with E-state index >= 15 is 0 Å². The van der Waals surface area contributed by atoms with Crippen molar-refractivity contribution in [3.8, 4) is 6.01 Å². The second-order valence-electron chi connectivity index (χ2n) is 4.90. The molecule has 0 radical (unpaired) electrons. The van der Waals surface area contributed by atoms with E-state index in [1.54, 1.807) is 18.5 Å². The van der Waals surface area contributed by atoms with Crippen LogP contribution in [0.25, 0.3) is 0 Å². The van der Waals surface area contributed by atoms with Crippen molar-refractivity contribution in [3.63, 3.8) is 0 Å². The molecule has 110 valence electrons. The summed E-state index contributed by atoms with van der Waals surface area (Å²) in [5.41, 5.74) is 0. The van der Waals surface area contributed by atoms with Crippen LogP contribution in [0, 0.1) is 0 Å². The van der Waals surface area contributed by atoms with Crippen LogP contribution in [0.2, 0.25) is 0 Å². The molecule has 1 saturated heterocycles. The summed E-state index contributed by atoms with van der Waals surface area (Å²) < 4.78 is 11.4. The highest BCUT2D eigenvalue weighted by Gasteiger charge is 2.17. The number of hydrogen-bond donors (Lipinski definition) is 0. The van der Waals surface area contributed by atoms with Crippen molar-refractivity contribution in [2.75, 3.05) is 32.8 Å². The summed E-state index contributed by atoms with van der Waals surface area (Å²) in [7, 11) is 0. The van der Waals surface area contributed by atoms with Crippen LogP contribution < -0.4 is 4.74 Å². The molecule has 1 atom stereocenters. The average Bonchev–Trinajstić information content (AvgIpc) is 2.74. The highest BCUT2D eigenvalue weighted by atomic mass is 16.5. The molecule has 0 aromatic carbocycles. The van der Waals surface area contributed by atoms with Gasteiger partial charge in [0.15, 0.2) is 0 Å². The van der Waals surface area contributed by atoms with Gasteiger partial charge in [0, 0.05) is 38.6 Å². The number of allylic oxidation sites excluding steroid dienone is 1. The third-order valence-electron chi connectivity index (χ3n) is 3.28. The molecule has 1 fully saturated rings. The van der Waals surface area contributed by atoms with E-state index in [1.165, 1.54) is 0 Å². The fourth-order valence-electron chi connectivity index (χ4n) is 2.25. The lowest BCUT2D eigenvalue weighted by molar-refractivity contribution is 0.106. The summed E-state index contributed by atoms with van der Waals surface area (Å²) in [6.07, 6.45) is 8.36. The second-order valence-corrected chi connectivity index (χ2v) is 4.90. The normalized spacial score (nSPS) is 18.2. The zero-order valence-electron chi connectivity index (χ0n) is 11.9. The summed E-state index contributed by atoms with van der Waals surface area (Å²) in [5.74, 6) is 0. The van der Waals surface area contributed by atoms with Crippen molar-refractivity contribution in [1.29, 1.82) is 0 Å². The minimum atomic E-state index is 0.0912. The first-order chi connectivity index (χ1) is 9.88. The number of aromatic nitrogens is 2. The molecule has 1 aromatic heterocycles. The largest absolute Gasteiger partial charge is 0.459 e. The topological polar surface area (TPSA) is 47.5 Å². The molecule has 0 amide bonds. The molecule has 1 aliphatic rings. The van der Waals surface area contributed by atoms with Crippen molar-refractivity contribution in [3.05, 3.63) is 31.1 Å². The third kappa shape index (κ3) is 5.27. The zero-order valence-corrected chi connectivity index (χ0v) is 11.9. The van der Waals surface area contributed by atoms with Crippen molar-refractivity contribution in [2.45, 2.75) is 25.4 Å². The maximum absolute atomic E-state index is 5.91. The lowest BCUT2D eigenvalue weighted by Gasteiger charge is -2.25. The Bertz CT molecular complexity index is 378. The van der Waals surface area contributed by atoms with Crippen LogP contribution in [0.3, 0.4) is 0 Å². The first-order valence-corrected chi connectivity index (χ1v) is 7.23. The van der Waals surface area contributed by atoms with Gasteiger partial charge in [0.1, 0.15) is 6.10 Å². The number of rotatable bonds is 7. The summed E-state index contributed by atoms with van der Waals surface area (Å²) in [4.78, 5) is 10.7. The zero-order chi connectivity index (χ0) is 14.0. The molecule has 20 heavy (non-hydrogen) atoms. The molecule has 0 unspecified atom stereocenters. The van der Waals surface area contributed by atoms with Crippen LogP contribution in [0.5, 0.6) is 6.01 Å². The summed E-state index contributed by atoms with van der Waals surface area (Å²) in [6.45, 7) is 8.35. The van der Waals surface area contributed by atoms with Gasteiger partial charge in [-0.15, -0.1) is 6.58 Å². The van der Waals surface area contributed by atoms with Gasteiger partial charge in [0.2, 0.25) is 0 Å². The summed E-state index contributed by atoms with van der Waals surface area (Å²) >= 11 is 0. The van der Waals surface area contributed by atoms with E-state index in [4.69, 9.17) is 9.47 Å². The molecular formula is C15H23N3O2. The van der Waals surface area contributed by atoms with E-state index in [9.17, 15) is 0 Å². The Kier molecular flexibility index (Phi) is 6.47. The maximum atomic E-state index is 5.91. The van der Waals surface area contributed by atoms with E-state index in [0.29, 0.717) is 6.01 Å². The third-order valence-corrected chi connectivity index (χ3v) is 3.28. The Balaban J connectivity index is 1.90. The first kappa shape index (κ1) is 14.9. The fraction of sp³-hybridized carbons (Fsp3) is 0.600. The molecule has 2 rings (SSSR count). The number of nitrogens with zero attached hydrogens (tertiary/aromatic N) is 3. The van der Waals surface area contributed by atoms with E-state index < -0.39 is 0 Å². The van der Waals surface area contributed by atoms with Gasteiger partial charge >= 0.3 is 6.01 Å². The highest BCUT2D eigenvalue weighted by Crippen LogP contribution is 2.11. The molecule has 0 saturated carbocycles. The smallest absolute Gasteiger partial charge is 0.316 e. The monoisotopic (exact) mass is 277 g/mol. The standard InChI is InChI=1S/C15H23N3O2/c1-2-3-6-14(20-15-16-7-4-8-17-15)13-18-9-5-11-19-12-10-18/h2,4,7-8,14H,1,3,5-6,9-13H2/t14-/m0/s1. The van der Waals surface area contributed by atoms with Crippen LogP contribution in [0.4, 0.5) is 0 Å². The Morgan fingerprint density at radius 2 is 2.20 bits per heavy atom. The number of ether oxygens (including phenoxy) is 2. The van der Waals surface area contributed by atoms with Crippen molar-refractivity contribution >= 4 is 0 Å². The van der Waals surface area contributed by atoms with Gasteiger partial charge in [-0.05, 0) is 25.3 Å². The first-order valence-electron chi connectivity index (χ1n) is 7.23. The number of hydrogen-bond acceptors (Lipinski definition) is 5. The molecule has 1 aromatic rings. The van der Waals surface area contributed by atoms with Gasteiger partial charge in [-0.25, -0.2) is 9.97 Å². The van der Waals surface area contributed by atoms with E-state index in [0.717, 1.165) is 52.1 Å². The van der Waals surface area contributed by atoms with Gasteiger partial charge in [-0.1, -0.05) is 6.08 Å². The maximum Gasteiger partial charge on any atom is 0.316 e. The molecule has 0 bridgehead atoms. The summed E-state index contributed by atoms with van der Waals surface area (Å²) in [5, 5.41) is 0. The molecular weight excluding hydrogens is 254 g/mol. The van der Waals surface area contributed by atoms with Crippen LogP contribution in [0.15, 0.2) is 31.1 Å². The Morgan fingerprint density at radius 3 is 3.00 bits per heavy atom. The van der Waals surface area contributed by atoms with Gasteiger partial charge < -0.3 is 9.47 Å². The minimum Gasteiger partial charge on any atom is -0.459 e. The molecule has 0 spiro atoms. The van der Waals surface area contributed by atoms with Gasteiger partial charge in [0.05, 0.1) is 6.61 Å². The van der Waals surface area contributed by atoms with Crippen molar-refractivity contribution in [2.24, 2.45) is 0 Å².